The molecule has 7 heteroatoms. The van der Waals surface area contributed by atoms with Gasteiger partial charge in [-0.1, -0.05) is 28.1 Å². The van der Waals surface area contributed by atoms with Crippen molar-refractivity contribution >= 4 is 27.8 Å². The van der Waals surface area contributed by atoms with Gasteiger partial charge in [-0.25, -0.2) is 4.99 Å². The molecule has 1 aromatic rings. The Morgan fingerprint density at radius 2 is 1.92 bits per heavy atom. The fourth-order valence-electron chi connectivity index (χ4n) is 2.88. The third-order valence-electron chi connectivity index (χ3n) is 4.46. The second-order valence-corrected chi connectivity index (χ2v) is 7.72. The van der Waals surface area contributed by atoms with Crippen LogP contribution >= 0.6 is 15.9 Å². The van der Waals surface area contributed by atoms with Gasteiger partial charge in [-0.05, 0) is 37.5 Å². The molecule has 0 radical (unpaired) electrons. The maximum atomic E-state index is 11.7. The average molecular weight is 424 g/mol. The summed E-state index contributed by atoms with van der Waals surface area (Å²) in [6.07, 6.45) is 2.14. The number of nitrogens with one attached hydrogen (secondary N) is 2. The van der Waals surface area contributed by atoms with Gasteiger partial charge < -0.3 is 15.5 Å². The highest BCUT2D eigenvalue weighted by Gasteiger charge is 2.20. The Morgan fingerprint density at radius 1 is 1.27 bits per heavy atom. The Morgan fingerprint density at radius 3 is 2.50 bits per heavy atom. The number of piperidine rings is 1. The van der Waals surface area contributed by atoms with E-state index in [2.05, 4.69) is 60.7 Å². The van der Waals surface area contributed by atoms with Crippen molar-refractivity contribution in [1.82, 2.24) is 20.4 Å². The summed E-state index contributed by atoms with van der Waals surface area (Å²) in [4.78, 5) is 20.2. The van der Waals surface area contributed by atoms with Crippen molar-refractivity contribution < 1.29 is 4.79 Å². The van der Waals surface area contributed by atoms with Crippen LogP contribution in [0.4, 0.5) is 0 Å². The van der Waals surface area contributed by atoms with Crippen LogP contribution in [-0.4, -0.2) is 68.0 Å². The molecule has 2 rings (SSSR count). The number of guanidine groups is 1. The fourth-order valence-corrected chi connectivity index (χ4v) is 3.15. The summed E-state index contributed by atoms with van der Waals surface area (Å²) in [5.74, 6) is 0.737. The van der Waals surface area contributed by atoms with Crippen LogP contribution in [0.1, 0.15) is 25.3 Å². The van der Waals surface area contributed by atoms with Crippen molar-refractivity contribution in [2.45, 2.75) is 32.4 Å². The SMILES string of the molecule is CCNC(=NCC(=O)N(C)C)NC1CCN(Cc2ccc(Br)cc2)CC1. The van der Waals surface area contributed by atoms with Gasteiger partial charge in [0.25, 0.3) is 0 Å². The molecule has 0 atom stereocenters. The Balaban J connectivity index is 1.80. The van der Waals surface area contributed by atoms with Gasteiger partial charge in [0.05, 0.1) is 0 Å². The van der Waals surface area contributed by atoms with E-state index in [0.717, 1.165) is 49.5 Å². The number of aliphatic imine (C=N–C) groups is 1. The summed E-state index contributed by atoms with van der Waals surface area (Å²) in [5, 5.41) is 6.71. The Labute approximate surface area is 165 Å². The van der Waals surface area contributed by atoms with Crippen molar-refractivity contribution in [1.29, 1.82) is 0 Å². The third-order valence-corrected chi connectivity index (χ3v) is 4.99. The van der Waals surface area contributed by atoms with E-state index in [4.69, 9.17) is 0 Å². The van der Waals surface area contributed by atoms with Crippen LogP contribution in [0.15, 0.2) is 33.7 Å². The van der Waals surface area contributed by atoms with E-state index in [9.17, 15) is 4.79 Å². The topological polar surface area (TPSA) is 60.0 Å². The van der Waals surface area contributed by atoms with Crippen LogP contribution in [0, 0.1) is 0 Å². The molecule has 1 aromatic carbocycles. The van der Waals surface area contributed by atoms with E-state index >= 15 is 0 Å². The maximum absolute atomic E-state index is 11.7. The van der Waals surface area contributed by atoms with Crippen LogP contribution in [0.3, 0.4) is 0 Å². The number of likely N-dealkylation sites (tertiary alicyclic amines) is 1. The lowest BCUT2D eigenvalue weighted by Crippen LogP contribution is -2.48. The van der Waals surface area contributed by atoms with E-state index in [1.54, 1.807) is 19.0 Å². The quantitative estimate of drug-likeness (QED) is 0.542. The Hall–Kier alpha value is -1.60. The van der Waals surface area contributed by atoms with Gasteiger partial charge in [0.1, 0.15) is 6.54 Å². The molecule has 1 amide bonds. The lowest BCUT2D eigenvalue weighted by Gasteiger charge is -2.33. The number of benzene rings is 1. The zero-order chi connectivity index (χ0) is 18.9. The molecule has 0 saturated carbocycles. The molecule has 26 heavy (non-hydrogen) atoms. The van der Waals surface area contributed by atoms with E-state index in [1.165, 1.54) is 5.56 Å². The molecular weight excluding hydrogens is 394 g/mol. The number of carbonyl (C=O) groups is 1. The zero-order valence-corrected chi connectivity index (χ0v) is 17.6. The maximum Gasteiger partial charge on any atom is 0.243 e. The van der Waals surface area contributed by atoms with Crippen LogP contribution in [-0.2, 0) is 11.3 Å². The molecule has 1 heterocycles. The first-order valence-corrected chi connectivity index (χ1v) is 9.99. The second-order valence-electron chi connectivity index (χ2n) is 6.80. The molecule has 144 valence electrons. The number of hydrogen-bond donors (Lipinski definition) is 2. The largest absolute Gasteiger partial charge is 0.357 e. The molecule has 6 nitrogen and oxygen atoms in total. The van der Waals surface area contributed by atoms with Crippen molar-refractivity contribution in [3.8, 4) is 0 Å². The fraction of sp³-hybridized carbons (Fsp3) is 0.579. The molecule has 0 unspecified atom stereocenters. The molecule has 1 aliphatic heterocycles. The van der Waals surface area contributed by atoms with Crippen LogP contribution in [0.5, 0.6) is 0 Å². The van der Waals surface area contributed by atoms with Gasteiger partial charge in [-0.15, -0.1) is 0 Å². The predicted molar refractivity (Wildman–Crippen MR) is 110 cm³/mol. The number of amides is 1. The third kappa shape index (κ3) is 6.96. The minimum atomic E-state index is 0.00604. The summed E-state index contributed by atoms with van der Waals surface area (Å²) in [6.45, 7) is 6.10. The minimum Gasteiger partial charge on any atom is -0.357 e. The van der Waals surface area contributed by atoms with Crippen LogP contribution in [0.2, 0.25) is 0 Å². The summed E-state index contributed by atoms with van der Waals surface area (Å²) in [5.41, 5.74) is 1.34. The minimum absolute atomic E-state index is 0.00604. The molecular formula is C19H30BrN5O. The highest BCUT2D eigenvalue weighted by molar-refractivity contribution is 9.10. The monoisotopic (exact) mass is 423 g/mol. The van der Waals surface area contributed by atoms with Gasteiger partial charge in [0.15, 0.2) is 5.96 Å². The van der Waals surface area contributed by atoms with Gasteiger partial charge in [-0.2, -0.15) is 0 Å². The average Bonchev–Trinajstić information content (AvgIpc) is 2.63. The molecule has 2 N–H and O–H groups in total. The van der Waals surface area contributed by atoms with Gasteiger partial charge in [0.2, 0.25) is 5.91 Å². The standard InChI is InChI=1S/C19H30BrN5O/c1-4-21-19(22-13-18(26)24(2)3)23-17-9-11-25(12-10-17)14-15-5-7-16(20)8-6-15/h5-8,17H,4,9-14H2,1-3H3,(H2,21,22,23). The van der Waals surface area contributed by atoms with E-state index < -0.39 is 0 Å². The summed E-state index contributed by atoms with van der Waals surface area (Å²) in [7, 11) is 3.50. The number of rotatable bonds is 6. The normalized spacial score (nSPS) is 16.4. The molecule has 0 aromatic heterocycles. The molecule has 0 aliphatic carbocycles. The summed E-state index contributed by atoms with van der Waals surface area (Å²) in [6, 6.07) is 8.93. The second kappa shape index (κ2) is 10.5. The highest BCUT2D eigenvalue weighted by Crippen LogP contribution is 2.16. The zero-order valence-electron chi connectivity index (χ0n) is 16.0. The number of carbonyl (C=O) groups excluding carboxylic acids is 1. The first-order chi connectivity index (χ1) is 12.5. The van der Waals surface area contributed by atoms with E-state index in [1.807, 2.05) is 6.92 Å². The number of halogens is 1. The number of nitrogens with zero attached hydrogens (tertiary/aromatic N) is 3. The van der Waals surface area contributed by atoms with Crippen molar-refractivity contribution in [2.24, 2.45) is 4.99 Å². The summed E-state index contributed by atoms with van der Waals surface area (Å²) >= 11 is 3.48. The van der Waals surface area contributed by atoms with Gasteiger partial charge >= 0.3 is 0 Å². The van der Waals surface area contributed by atoms with Gasteiger partial charge in [0, 0.05) is 50.8 Å². The molecule has 0 spiro atoms. The smallest absolute Gasteiger partial charge is 0.243 e. The van der Waals surface area contributed by atoms with Crippen LogP contribution < -0.4 is 10.6 Å². The van der Waals surface area contributed by atoms with Crippen LogP contribution in [0.25, 0.3) is 0 Å². The highest BCUT2D eigenvalue weighted by atomic mass is 79.9. The van der Waals surface area contributed by atoms with Crippen molar-refractivity contribution in [2.75, 3.05) is 40.3 Å². The van der Waals surface area contributed by atoms with Gasteiger partial charge in [-0.3, -0.25) is 9.69 Å². The molecule has 1 saturated heterocycles. The first kappa shape index (κ1) is 20.7. The van der Waals surface area contributed by atoms with E-state index in [0.29, 0.717) is 6.04 Å². The number of likely N-dealkylation sites (N-methyl/N-ethyl adjacent to an activating group) is 1. The lowest BCUT2D eigenvalue weighted by molar-refractivity contribution is -0.127. The summed E-state index contributed by atoms with van der Waals surface area (Å²) < 4.78 is 1.12. The predicted octanol–water partition coefficient (Wildman–Crippen LogP) is 2.06. The Bertz CT molecular complexity index is 594. The van der Waals surface area contributed by atoms with Crippen molar-refractivity contribution in [3.05, 3.63) is 34.3 Å². The van der Waals surface area contributed by atoms with E-state index in [-0.39, 0.29) is 12.5 Å². The van der Waals surface area contributed by atoms with Crippen molar-refractivity contribution in [3.63, 3.8) is 0 Å². The molecule has 1 aliphatic rings. The Kier molecular flexibility index (Phi) is 8.38. The molecule has 0 bridgehead atoms. The molecule has 1 fully saturated rings. The lowest BCUT2D eigenvalue weighted by atomic mass is 10.0. The number of hydrogen-bond acceptors (Lipinski definition) is 3. The first-order valence-electron chi connectivity index (χ1n) is 9.19.